The van der Waals surface area contributed by atoms with Gasteiger partial charge in [0.2, 0.25) is 0 Å². The largest absolute Gasteiger partial charge is 0.409 e. The maximum Gasteiger partial charge on any atom is 0.409 e. The Bertz CT molecular complexity index is 95.7. The molecule has 0 heterocycles. The van der Waals surface area contributed by atoms with Gasteiger partial charge in [-0.3, -0.25) is 0 Å². The van der Waals surface area contributed by atoms with Crippen molar-refractivity contribution in [3.05, 3.63) is 12.2 Å². The predicted octanol–water partition coefficient (Wildman–Crippen LogP) is 2.39. The molecule has 0 aromatic carbocycles. The Balaban J connectivity index is 0. The minimum Gasteiger partial charge on any atom is -0.381 e. The van der Waals surface area contributed by atoms with Gasteiger partial charge in [-0.05, 0) is 0 Å². The van der Waals surface area contributed by atoms with E-state index in [9.17, 15) is 13.2 Å². The third kappa shape index (κ3) is 10.5. The molecule has 0 saturated carbocycles. The minimum atomic E-state index is -4.21. The summed E-state index contributed by atoms with van der Waals surface area (Å²) in [6.07, 6.45) is -3.14. The Morgan fingerprint density at radius 2 is 1.90 bits per heavy atom. The maximum atomic E-state index is 11.2. The quantitative estimate of drug-likeness (QED) is 0.558. The van der Waals surface area contributed by atoms with Gasteiger partial charge in [0.05, 0.1) is 6.61 Å². The van der Waals surface area contributed by atoms with Crippen LogP contribution in [0.5, 0.6) is 0 Å². The highest BCUT2D eigenvalue weighted by molar-refractivity contribution is 4.88. The van der Waals surface area contributed by atoms with Gasteiger partial charge in [0.1, 0.15) is 0 Å². The molecule has 4 heteroatoms. The molecule has 0 aliphatic heterocycles. The topological polar surface area (TPSA) is 9.23 Å². The SMILES string of the molecule is C.COC/C=C/C(F)(F)F. The van der Waals surface area contributed by atoms with E-state index in [4.69, 9.17) is 0 Å². The molecule has 62 valence electrons. The first-order valence-electron chi connectivity index (χ1n) is 2.29. The van der Waals surface area contributed by atoms with E-state index in [1.165, 1.54) is 7.11 Å². The smallest absolute Gasteiger partial charge is 0.381 e. The van der Waals surface area contributed by atoms with Crippen LogP contribution in [0.2, 0.25) is 0 Å². The highest BCUT2D eigenvalue weighted by atomic mass is 19.4. The zero-order valence-corrected chi connectivity index (χ0v) is 4.90. The highest BCUT2D eigenvalue weighted by Crippen LogP contribution is 2.15. The van der Waals surface area contributed by atoms with E-state index >= 15 is 0 Å². The van der Waals surface area contributed by atoms with Crippen LogP contribution < -0.4 is 0 Å². The fourth-order valence-electron chi connectivity index (χ4n) is 0.278. The van der Waals surface area contributed by atoms with Crippen molar-refractivity contribution in [3.8, 4) is 0 Å². The molecule has 0 amide bonds. The van der Waals surface area contributed by atoms with E-state index in [-0.39, 0.29) is 20.1 Å². The molecule has 0 aliphatic rings. The number of rotatable bonds is 2. The number of hydrogen-bond donors (Lipinski definition) is 0. The lowest BCUT2D eigenvalue weighted by atomic mass is 10.5. The predicted molar refractivity (Wildman–Crippen MR) is 33.8 cm³/mol. The summed E-state index contributed by atoms with van der Waals surface area (Å²) >= 11 is 0. The van der Waals surface area contributed by atoms with Gasteiger partial charge >= 0.3 is 6.18 Å². The fraction of sp³-hybridized carbons (Fsp3) is 0.667. The van der Waals surface area contributed by atoms with Gasteiger partial charge in [-0.2, -0.15) is 13.2 Å². The summed E-state index contributed by atoms with van der Waals surface area (Å²) in [7, 11) is 1.33. The molecular weight excluding hydrogens is 145 g/mol. The van der Waals surface area contributed by atoms with Crippen molar-refractivity contribution in [2.24, 2.45) is 0 Å². The van der Waals surface area contributed by atoms with E-state index in [2.05, 4.69) is 4.74 Å². The third-order valence-electron chi connectivity index (χ3n) is 0.570. The standard InChI is InChI=1S/C5H7F3O.CH4/c1-9-4-2-3-5(6,7)8;/h2-3H,4H2,1H3;1H4/b3-2+;. The Labute approximate surface area is 58.5 Å². The minimum absolute atomic E-state index is 0. The summed E-state index contributed by atoms with van der Waals surface area (Å²) in [6, 6.07) is 0. The molecule has 10 heavy (non-hydrogen) atoms. The number of alkyl halides is 3. The molecule has 0 rings (SSSR count). The van der Waals surface area contributed by atoms with Gasteiger partial charge in [-0.15, -0.1) is 0 Å². The van der Waals surface area contributed by atoms with Crippen molar-refractivity contribution < 1.29 is 17.9 Å². The van der Waals surface area contributed by atoms with Crippen LogP contribution in [0.4, 0.5) is 13.2 Å². The first-order valence-corrected chi connectivity index (χ1v) is 2.29. The van der Waals surface area contributed by atoms with Crippen LogP contribution in [0.3, 0.4) is 0 Å². The fourth-order valence-corrected chi connectivity index (χ4v) is 0.278. The van der Waals surface area contributed by atoms with Crippen molar-refractivity contribution in [2.45, 2.75) is 13.6 Å². The Kier molecular flexibility index (Phi) is 6.45. The molecule has 0 unspecified atom stereocenters. The summed E-state index contributed by atoms with van der Waals surface area (Å²) < 4.78 is 38.1. The van der Waals surface area contributed by atoms with Crippen LogP contribution in [0, 0.1) is 0 Å². The Morgan fingerprint density at radius 3 is 2.20 bits per heavy atom. The second-order valence-electron chi connectivity index (χ2n) is 1.40. The molecule has 0 aromatic rings. The molecule has 0 fully saturated rings. The number of allylic oxidation sites excluding steroid dienone is 1. The van der Waals surface area contributed by atoms with Gasteiger partial charge in [-0.1, -0.05) is 13.5 Å². The summed E-state index contributed by atoms with van der Waals surface area (Å²) in [4.78, 5) is 0. The van der Waals surface area contributed by atoms with Gasteiger partial charge in [0.25, 0.3) is 0 Å². The van der Waals surface area contributed by atoms with Gasteiger partial charge < -0.3 is 4.74 Å². The van der Waals surface area contributed by atoms with Crippen LogP contribution in [0.15, 0.2) is 12.2 Å². The highest BCUT2D eigenvalue weighted by Gasteiger charge is 2.21. The first-order chi connectivity index (χ1) is 4.06. The normalized spacial score (nSPS) is 11.6. The molecule has 0 aliphatic carbocycles. The van der Waals surface area contributed by atoms with E-state index in [0.29, 0.717) is 0 Å². The van der Waals surface area contributed by atoms with Crippen molar-refractivity contribution >= 4 is 0 Å². The molecule has 0 saturated heterocycles. The van der Waals surface area contributed by atoms with Crippen LogP contribution >= 0.6 is 0 Å². The Hall–Kier alpha value is -0.510. The van der Waals surface area contributed by atoms with Crippen molar-refractivity contribution in [1.82, 2.24) is 0 Å². The average Bonchev–Trinajstić information content (AvgIpc) is 1.63. The molecular formula is C6H11F3O. The average molecular weight is 156 g/mol. The van der Waals surface area contributed by atoms with Crippen LogP contribution in [-0.2, 0) is 4.74 Å². The lowest BCUT2D eigenvalue weighted by molar-refractivity contribution is -0.0802. The zero-order chi connectivity index (χ0) is 7.33. The lowest BCUT2D eigenvalue weighted by Gasteiger charge is -1.95. The van der Waals surface area contributed by atoms with Crippen molar-refractivity contribution in [2.75, 3.05) is 13.7 Å². The van der Waals surface area contributed by atoms with E-state index in [0.717, 1.165) is 6.08 Å². The van der Waals surface area contributed by atoms with Crippen LogP contribution in [0.1, 0.15) is 7.43 Å². The summed E-state index contributed by atoms with van der Waals surface area (Å²) in [5.74, 6) is 0. The summed E-state index contributed by atoms with van der Waals surface area (Å²) in [5, 5.41) is 0. The van der Waals surface area contributed by atoms with E-state index in [1.807, 2.05) is 0 Å². The van der Waals surface area contributed by atoms with E-state index in [1.54, 1.807) is 0 Å². The number of methoxy groups -OCH3 is 1. The monoisotopic (exact) mass is 156 g/mol. The van der Waals surface area contributed by atoms with E-state index < -0.39 is 6.18 Å². The summed E-state index contributed by atoms with van der Waals surface area (Å²) in [5.41, 5.74) is 0. The molecule has 0 spiro atoms. The molecule has 0 atom stereocenters. The zero-order valence-electron chi connectivity index (χ0n) is 4.90. The molecule has 1 nitrogen and oxygen atoms in total. The molecule has 0 radical (unpaired) electrons. The Morgan fingerprint density at radius 1 is 1.40 bits per heavy atom. The molecule has 0 N–H and O–H groups in total. The van der Waals surface area contributed by atoms with Crippen LogP contribution in [0.25, 0.3) is 0 Å². The molecule has 0 bridgehead atoms. The number of ether oxygens (including phenoxy) is 1. The van der Waals surface area contributed by atoms with Crippen molar-refractivity contribution in [3.63, 3.8) is 0 Å². The van der Waals surface area contributed by atoms with Gasteiger partial charge in [0.15, 0.2) is 0 Å². The summed E-state index contributed by atoms with van der Waals surface area (Å²) in [6.45, 7) is -0.000486. The first kappa shape index (κ1) is 12.2. The molecule has 0 aromatic heterocycles. The maximum absolute atomic E-state index is 11.2. The number of hydrogen-bond acceptors (Lipinski definition) is 1. The third-order valence-corrected chi connectivity index (χ3v) is 0.570. The number of halogens is 3. The van der Waals surface area contributed by atoms with Gasteiger partial charge in [0, 0.05) is 13.2 Å². The van der Waals surface area contributed by atoms with Crippen molar-refractivity contribution in [1.29, 1.82) is 0 Å². The van der Waals surface area contributed by atoms with Crippen LogP contribution in [-0.4, -0.2) is 19.9 Å². The second kappa shape index (κ2) is 5.29. The lowest BCUT2D eigenvalue weighted by Crippen LogP contribution is -2.01. The van der Waals surface area contributed by atoms with Gasteiger partial charge in [-0.25, -0.2) is 0 Å². The second-order valence-corrected chi connectivity index (χ2v) is 1.40.